The van der Waals surface area contributed by atoms with Gasteiger partial charge in [-0.1, -0.05) is 40.4 Å². The third-order valence-electron chi connectivity index (χ3n) is 3.24. The Labute approximate surface area is 111 Å². The van der Waals surface area contributed by atoms with Crippen LogP contribution in [0.1, 0.15) is 37.3 Å². The van der Waals surface area contributed by atoms with Crippen molar-refractivity contribution >= 4 is 27.5 Å². The Morgan fingerprint density at radius 3 is 2.88 bits per heavy atom. The Hall–Kier alpha value is -0.0500. The van der Waals surface area contributed by atoms with Crippen LogP contribution in [-0.2, 0) is 0 Å². The van der Waals surface area contributed by atoms with E-state index in [9.17, 15) is 0 Å². The molecule has 3 heteroatoms. The molecule has 1 atom stereocenters. The molecule has 0 aliphatic heterocycles. The molecular formula is C13H17BrClN. The molecule has 0 aromatic heterocycles. The van der Waals surface area contributed by atoms with Crippen LogP contribution < -0.4 is 5.32 Å². The normalized spacial score (nSPS) is 17.4. The second-order valence-electron chi connectivity index (χ2n) is 4.53. The Bertz CT molecular complexity index is 363. The van der Waals surface area contributed by atoms with E-state index in [1.165, 1.54) is 31.2 Å². The topological polar surface area (TPSA) is 12.0 Å². The summed E-state index contributed by atoms with van der Waals surface area (Å²) in [5.74, 6) is 0.980. The van der Waals surface area contributed by atoms with Crippen molar-refractivity contribution in [1.29, 1.82) is 0 Å². The summed E-state index contributed by atoms with van der Waals surface area (Å²) in [6.07, 6.45) is 5.37. The molecule has 1 aliphatic rings. The van der Waals surface area contributed by atoms with Gasteiger partial charge in [-0.25, -0.2) is 0 Å². The molecule has 16 heavy (non-hydrogen) atoms. The maximum atomic E-state index is 6.04. The summed E-state index contributed by atoms with van der Waals surface area (Å²) in [6.45, 7) is 0. The molecule has 1 aromatic carbocycles. The van der Waals surface area contributed by atoms with E-state index in [0.717, 1.165) is 15.4 Å². The van der Waals surface area contributed by atoms with Gasteiger partial charge in [-0.05, 0) is 49.6 Å². The van der Waals surface area contributed by atoms with Crippen molar-refractivity contribution in [3.63, 3.8) is 0 Å². The fraction of sp³-hybridized carbons (Fsp3) is 0.538. The first-order chi connectivity index (χ1) is 7.70. The van der Waals surface area contributed by atoms with Gasteiger partial charge in [0.05, 0.1) is 0 Å². The number of benzene rings is 1. The second-order valence-corrected chi connectivity index (χ2v) is 5.82. The fourth-order valence-electron chi connectivity index (χ4n) is 2.05. The van der Waals surface area contributed by atoms with E-state index in [1.807, 2.05) is 19.2 Å². The predicted molar refractivity (Wildman–Crippen MR) is 72.9 cm³/mol. The van der Waals surface area contributed by atoms with Crippen molar-refractivity contribution in [3.05, 3.63) is 33.3 Å². The summed E-state index contributed by atoms with van der Waals surface area (Å²) >= 11 is 9.64. The van der Waals surface area contributed by atoms with Crippen LogP contribution in [0.5, 0.6) is 0 Å². The average Bonchev–Trinajstić information content (AvgIpc) is 3.07. The molecular weight excluding hydrogens is 286 g/mol. The van der Waals surface area contributed by atoms with Crippen molar-refractivity contribution in [2.45, 2.75) is 31.7 Å². The highest BCUT2D eigenvalue weighted by molar-refractivity contribution is 9.10. The van der Waals surface area contributed by atoms with Gasteiger partial charge >= 0.3 is 0 Å². The second kappa shape index (κ2) is 5.52. The highest BCUT2D eigenvalue weighted by atomic mass is 79.9. The monoisotopic (exact) mass is 301 g/mol. The van der Waals surface area contributed by atoms with Gasteiger partial charge in [0.1, 0.15) is 0 Å². The summed E-state index contributed by atoms with van der Waals surface area (Å²) in [7, 11) is 2.02. The molecule has 0 bridgehead atoms. The molecule has 1 unspecified atom stereocenters. The van der Waals surface area contributed by atoms with Gasteiger partial charge in [0.15, 0.2) is 0 Å². The fourth-order valence-corrected chi connectivity index (χ4v) is 2.75. The van der Waals surface area contributed by atoms with E-state index in [2.05, 4.69) is 27.3 Å². The summed E-state index contributed by atoms with van der Waals surface area (Å²) in [6, 6.07) is 6.41. The SMILES string of the molecule is CNC(CCC1CC1)c1cc(Cl)ccc1Br. The van der Waals surface area contributed by atoms with Crippen LogP contribution in [0.2, 0.25) is 5.02 Å². The zero-order valence-electron chi connectivity index (χ0n) is 9.47. The Morgan fingerprint density at radius 1 is 1.50 bits per heavy atom. The van der Waals surface area contributed by atoms with Crippen molar-refractivity contribution in [2.75, 3.05) is 7.05 Å². The van der Waals surface area contributed by atoms with Gasteiger partial charge in [-0.3, -0.25) is 0 Å². The van der Waals surface area contributed by atoms with Crippen molar-refractivity contribution in [1.82, 2.24) is 5.32 Å². The van der Waals surface area contributed by atoms with Crippen molar-refractivity contribution in [2.24, 2.45) is 5.92 Å². The van der Waals surface area contributed by atoms with Gasteiger partial charge in [-0.15, -0.1) is 0 Å². The number of halogens is 2. The molecule has 0 saturated heterocycles. The van der Waals surface area contributed by atoms with Gasteiger partial charge in [0, 0.05) is 15.5 Å². The summed E-state index contributed by atoms with van der Waals surface area (Å²) in [4.78, 5) is 0. The zero-order chi connectivity index (χ0) is 11.5. The van der Waals surface area contributed by atoms with E-state index in [1.54, 1.807) is 0 Å². The minimum atomic E-state index is 0.411. The van der Waals surface area contributed by atoms with Gasteiger partial charge in [-0.2, -0.15) is 0 Å². The van der Waals surface area contributed by atoms with Gasteiger partial charge in [0.25, 0.3) is 0 Å². The maximum Gasteiger partial charge on any atom is 0.0410 e. The average molecular weight is 303 g/mol. The van der Waals surface area contributed by atoms with Gasteiger partial charge < -0.3 is 5.32 Å². The predicted octanol–water partition coefficient (Wildman–Crippen LogP) is 4.55. The minimum absolute atomic E-state index is 0.411. The van der Waals surface area contributed by atoms with Crippen LogP contribution in [0.25, 0.3) is 0 Å². The number of rotatable bonds is 5. The third kappa shape index (κ3) is 3.22. The van der Waals surface area contributed by atoms with Crippen LogP contribution in [-0.4, -0.2) is 7.05 Å². The van der Waals surface area contributed by atoms with E-state index >= 15 is 0 Å². The molecule has 1 aliphatic carbocycles. The number of hydrogen-bond acceptors (Lipinski definition) is 1. The lowest BCUT2D eigenvalue weighted by atomic mass is 10.0. The molecule has 0 amide bonds. The van der Waals surface area contributed by atoms with E-state index in [0.29, 0.717) is 6.04 Å². The van der Waals surface area contributed by atoms with Crippen LogP contribution >= 0.6 is 27.5 Å². The molecule has 2 rings (SSSR count). The van der Waals surface area contributed by atoms with Crippen LogP contribution in [0.3, 0.4) is 0 Å². The lowest BCUT2D eigenvalue weighted by Gasteiger charge is -2.18. The van der Waals surface area contributed by atoms with Crippen LogP contribution in [0.4, 0.5) is 0 Å². The summed E-state index contributed by atoms with van der Waals surface area (Å²) in [5.41, 5.74) is 1.27. The molecule has 0 spiro atoms. The standard InChI is InChI=1S/C13H17BrClN/c1-16-13(7-4-9-2-3-9)11-8-10(15)5-6-12(11)14/h5-6,8-9,13,16H,2-4,7H2,1H3. The lowest BCUT2D eigenvalue weighted by Crippen LogP contribution is -2.17. The van der Waals surface area contributed by atoms with E-state index in [-0.39, 0.29) is 0 Å². The molecule has 0 radical (unpaired) electrons. The first kappa shape index (κ1) is 12.4. The largest absolute Gasteiger partial charge is 0.313 e. The molecule has 0 heterocycles. The molecule has 88 valence electrons. The molecule has 1 fully saturated rings. The summed E-state index contributed by atoms with van der Waals surface area (Å²) in [5, 5.41) is 4.19. The maximum absolute atomic E-state index is 6.04. The van der Waals surface area contributed by atoms with E-state index in [4.69, 9.17) is 11.6 Å². The molecule has 1 aromatic rings. The Morgan fingerprint density at radius 2 is 2.25 bits per heavy atom. The zero-order valence-corrected chi connectivity index (χ0v) is 11.8. The number of nitrogens with one attached hydrogen (secondary N) is 1. The Kier molecular flexibility index (Phi) is 4.28. The highest BCUT2D eigenvalue weighted by Gasteiger charge is 2.23. The quantitative estimate of drug-likeness (QED) is 0.841. The summed E-state index contributed by atoms with van der Waals surface area (Å²) < 4.78 is 1.15. The highest BCUT2D eigenvalue weighted by Crippen LogP contribution is 2.37. The van der Waals surface area contributed by atoms with Crippen molar-refractivity contribution < 1.29 is 0 Å². The minimum Gasteiger partial charge on any atom is -0.313 e. The molecule has 1 N–H and O–H groups in total. The smallest absolute Gasteiger partial charge is 0.0410 e. The van der Waals surface area contributed by atoms with E-state index < -0.39 is 0 Å². The van der Waals surface area contributed by atoms with Crippen molar-refractivity contribution in [3.8, 4) is 0 Å². The molecule has 1 saturated carbocycles. The van der Waals surface area contributed by atoms with Crippen LogP contribution in [0, 0.1) is 5.92 Å². The van der Waals surface area contributed by atoms with Gasteiger partial charge in [0.2, 0.25) is 0 Å². The lowest BCUT2D eigenvalue weighted by molar-refractivity contribution is 0.505. The van der Waals surface area contributed by atoms with Crippen LogP contribution in [0.15, 0.2) is 22.7 Å². The molecule has 1 nitrogen and oxygen atoms in total. The number of hydrogen-bond donors (Lipinski definition) is 1. The first-order valence-corrected chi connectivity index (χ1v) is 7.00. The first-order valence-electron chi connectivity index (χ1n) is 5.83. The Balaban J connectivity index is 2.07. The third-order valence-corrected chi connectivity index (χ3v) is 4.20.